The number of hydrogen-bond acceptors (Lipinski definition) is 6. The van der Waals surface area contributed by atoms with Gasteiger partial charge >= 0.3 is 0 Å². The van der Waals surface area contributed by atoms with Gasteiger partial charge in [-0.25, -0.2) is 5.01 Å². The molecule has 0 saturated carbocycles. The predicted molar refractivity (Wildman–Crippen MR) is 108 cm³/mol. The molecule has 2 N–H and O–H groups in total. The van der Waals surface area contributed by atoms with Crippen molar-refractivity contribution in [1.29, 1.82) is 0 Å². The Bertz CT molecular complexity index is 1220. The summed E-state index contributed by atoms with van der Waals surface area (Å²) in [6, 6.07) is 17.6. The number of nitrogens with zero attached hydrogens (tertiary/aromatic N) is 4. The van der Waals surface area contributed by atoms with E-state index in [1.54, 1.807) is 11.2 Å². The monoisotopic (exact) mass is 388 g/mol. The Kier molecular flexibility index (Phi) is 3.98. The number of aromatic amines is 1. The first-order valence-electron chi connectivity index (χ1n) is 8.75. The lowest BCUT2D eigenvalue weighted by Crippen LogP contribution is -2.50. The van der Waals surface area contributed by atoms with Crippen molar-refractivity contribution in [3.63, 3.8) is 0 Å². The SMILES string of the molecule is CSC1=NN2C(=c3ccccc3=NC2c2cn[nH]c2-c2ccccc2)C(=O)N1. The summed E-state index contributed by atoms with van der Waals surface area (Å²) in [5.74, 6) is -0.184. The minimum absolute atomic E-state index is 0.184. The number of benzene rings is 2. The maximum Gasteiger partial charge on any atom is 0.276 e. The maximum atomic E-state index is 12.9. The van der Waals surface area contributed by atoms with Gasteiger partial charge in [0.2, 0.25) is 0 Å². The molecule has 138 valence electrons. The molecule has 0 fully saturated rings. The number of amidine groups is 1. The highest BCUT2D eigenvalue weighted by atomic mass is 32.2. The van der Waals surface area contributed by atoms with Crippen molar-refractivity contribution in [2.24, 2.45) is 10.1 Å². The normalized spacial score (nSPS) is 18.0. The summed E-state index contributed by atoms with van der Waals surface area (Å²) in [6.45, 7) is 0. The van der Waals surface area contributed by atoms with Gasteiger partial charge in [-0.15, -0.1) is 5.10 Å². The van der Waals surface area contributed by atoms with Gasteiger partial charge in [0.05, 0.1) is 17.2 Å². The summed E-state index contributed by atoms with van der Waals surface area (Å²) in [5.41, 5.74) is 3.21. The molecule has 5 rings (SSSR count). The molecule has 0 bridgehead atoms. The third-order valence-corrected chi connectivity index (χ3v) is 5.29. The zero-order chi connectivity index (χ0) is 19.1. The number of aromatic nitrogens is 2. The van der Waals surface area contributed by atoms with Crippen LogP contribution >= 0.6 is 11.8 Å². The summed E-state index contributed by atoms with van der Waals surface area (Å²) in [4.78, 5) is 17.8. The molecule has 1 amide bonds. The maximum absolute atomic E-state index is 12.9. The second-order valence-electron chi connectivity index (χ2n) is 6.34. The molecule has 28 heavy (non-hydrogen) atoms. The summed E-state index contributed by atoms with van der Waals surface area (Å²) >= 11 is 1.38. The zero-order valence-corrected chi connectivity index (χ0v) is 15.8. The van der Waals surface area contributed by atoms with Crippen LogP contribution in [0.3, 0.4) is 0 Å². The summed E-state index contributed by atoms with van der Waals surface area (Å²) in [5, 5.41) is 18.6. The Hall–Kier alpha value is -3.39. The van der Waals surface area contributed by atoms with Gasteiger partial charge in [-0.2, -0.15) is 5.10 Å². The van der Waals surface area contributed by atoms with Gasteiger partial charge in [-0.3, -0.25) is 20.2 Å². The van der Waals surface area contributed by atoms with Gasteiger partial charge in [0.1, 0.15) is 5.70 Å². The number of H-pyrrole nitrogens is 1. The van der Waals surface area contributed by atoms with Crippen molar-refractivity contribution in [3.8, 4) is 11.3 Å². The van der Waals surface area contributed by atoms with Gasteiger partial charge < -0.3 is 0 Å². The molecule has 1 unspecified atom stereocenters. The van der Waals surface area contributed by atoms with Gasteiger partial charge in [-0.05, 0) is 17.9 Å². The summed E-state index contributed by atoms with van der Waals surface area (Å²) < 4.78 is 0. The Morgan fingerprint density at radius 3 is 2.68 bits per heavy atom. The fraction of sp³-hybridized carbons (Fsp3) is 0.100. The molecule has 2 aliphatic rings. The number of rotatable bonds is 2. The second kappa shape index (κ2) is 6.65. The topological polar surface area (TPSA) is 85.7 Å². The van der Waals surface area contributed by atoms with Crippen molar-refractivity contribution < 1.29 is 4.79 Å². The number of carbonyl (C=O) groups is 1. The first kappa shape index (κ1) is 16.8. The van der Waals surface area contributed by atoms with Gasteiger partial charge in [-0.1, -0.05) is 60.3 Å². The second-order valence-corrected chi connectivity index (χ2v) is 7.14. The highest BCUT2D eigenvalue weighted by Crippen LogP contribution is 2.35. The average molecular weight is 388 g/mol. The molecular formula is C20H16N6OS. The molecular weight excluding hydrogens is 372 g/mol. The Labute approximate surface area is 164 Å². The predicted octanol–water partition coefficient (Wildman–Crippen LogP) is 1.58. The number of hydrogen-bond donors (Lipinski definition) is 2. The highest BCUT2D eigenvalue weighted by molar-refractivity contribution is 8.13. The standard InChI is InChI=1S/C20H16N6OS/c1-28-20-23-19(27)17-13-9-5-6-10-15(13)22-18(26(17)25-20)14-11-21-24-16(14)12-7-3-2-4-8-12/h2-11,18H,1H3,(H,21,24)(H,23,25,27). The van der Waals surface area contributed by atoms with E-state index in [9.17, 15) is 4.79 Å². The van der Waals surface area contributed by atoms with Gasteiger partial charge in [0.25, 0.3) is 5.91 Å². The first-order chi connectivity index (χ1) is 13.8. The van der Waals surface area contributed by atoms with Crippen LogP contribution in [0.4, 0.5) is 0 Å². The molecule has 0 aliphatic carbocycles. The van der Waals surface area contributed by atoms with Gasteiger partial charge in [0.15, 0.2) is 11.3 Å². The molecule has 2 aliphatic heterocycles. The van der Waals surface area contributed by atoms with Crippen LogP contribution in [0, 0.1) is 0 Å². The van der Waals surface area contributed by atoms with Crippen molar-refractivity contribution in [1.82, 2.24) is 20.5 Å². The van der Waals surface area contributed by atoms with E-state index in [2.05, 4.69) is 20.6 Å². The third kappa shape index (κ3) is 2.61. The molecule has 8 heteroatoms. The molecule has 0 saturated heterocycles. The molecule has 3 heterocycles. The molecule has 7 nitrogen and oxygen atoms in total. The number of amides is 1. The van der Waals surface area contributed by atoms with Crippen LogP contribution in [0.5, 0.6) is 0 Å². The summed E-state index contributed by atoms with van der Waals surface area (Å²) in [7, 11) is 0. The smallest absolute Gasteiger partial charge is 0.276 e. The lowest BCUT2D eigenvalue weighted by molar-refractivity contribution is -0.116. The number of hydrazone groups is 1. The number of para-hydroxylation sites is 1. The fourth-order valence-corrected chi connectivity index (χ4v) is 3.81. The van der Waals surface area contributed by atoms with E-state index in [1.165, 1.54) is 11.8 Å². The van der Waals surface area contributed by atoms with Crippen LogP contribution in [-0.2, 0) is 4.79 Å². The molecule has 1 atom stereocenters. The lowest BCUT2D eigenvalue weighted by Gasteiger charge is -2.33. The van der Waals surface area contributed by atoms with Gasteiger partial charge in [0, 0.05) is 10.8 Å². The van der Waals surface area contributed by atoms with E-state index in [0.29, 0.717) is 10.9 Å². The quantitative estimate of drug-likeness (QED) is 0.698. The van der Waals surface area contributed by atoms with Crippen LogP contribution in [0.25, 0.3) is 17.0 Å². The van der Waals surface area contributed by atoms with Crippen molar-refractivity contribution in [2.45, 2.75) is 6.17 Å². The Balaban J connectivity index is 1.75. The minimum Gasteiger partial charge on any atom is -0.298 e. The lowest BCUT2D eigenvalue weighted by atomic mass is 10.0. The van der Waals surface area contributed by atoms with Crippen LogP contribution in [0.15, 0.2) is 70.9 Å². The molecule has 3 aromatic rings. The van der Waals surface area contributed by atoms with Crippen LogP contribution < -0.4 is 15.9 Å². The van der Waals surface area contributed by atoms with E-state index >= 15 is 0 Å². The number of fused-ring (bicyclic) bond motifs is 2. The third-order valence-electron chi connectivity index (χ3n) is 4.72. The van der Waals surface area contributed by atoms with E-state index < -0.39 is 6.17 Å². The zero-order valence-electron chi connectivity index (χ0n) is 15.0. The highest BCUT2D eigenvalue weighted by Gasteiger charge is 2.35. The fourth-order valence-electron chi connectivity index (χ4n) is 3.45. The Morgan fingerprint density at radius 2 is 1.86 bits per heavy atom. The Morgan fingerprint density at radius 1 is 1.07 bits per heavy atom. The van der Waals surface area contributed by atoms with E-state index in [1.807, 2.05) is 60.9 Å². The molecule has 1 aromatic heterocycles. The number of carbonyl (C=O) groups excluding carboxylic acids is 1. The van der Waals surface area contributed by atoms with E-state index in [-0.39, 0.29) is 5.91 Å². The van der Waals surface area contributed by atoms with Crippen molar-refractivity contribution in [3.05, 3.63) is 76.9 Å². The van der Waals surface area contributed by atoms with Crippen molar-refractivity contribution >= 4 is 28.5 Å². The van der Waals surface area contributed by atoms with Crippen LogP contribution in [0.1, 0.15) is 11.7 Å². The van der Waals surface area contributed by atoms with Crippen LogP contribution in [-0.4, -0.2) is 32.5 Å². The minimum atomic E-state index is -0.493. The average Bonchev–Trinajstić information content (AvgIpc) is 3.23. The molecule has 0 radical (unpaired) electrons. The van der Waals surface area contributed by atoms with E-state index in [4.69, 9.17) is 4.99 Å². The largest absolute Gasteiger partial charge is 0.298 e. The van der Waals surface area contributed by atoms with Crippen molar-refractivity contribution in [2.75, 3.05) is 6.26 Å². The number of nitrogens with one attached hydrogen (secondary N) is 2. The van der Waals surface area contributed by atoms with Crippen LogP contribution in [0.2, 0.25) is 0 Å². The first-order valence-corrected chi connectivity index (χ1v) is 9.98. The van der Waals surface area contributed by atoms with E-state index in [0.717, 1.165) is 27.4 Å². The molecule has 2 aromatic carbocycles. The summed E-state index contributed by atoms with van der Waals surface area (Å²) in [6.07, 6.45) is 3.14. The molecule has 0 spiro atoms. The number of thioether (sulfide) groups is 1.